The zero-order valence-corrected chi connectivity index (χ0v) is 15.5. The highest BCUT2D eigenvalue weighted by Crippen LogP contribution is 2.37. The van der Waals surface area contributed by atoms with E-state index < -0.39 is 8.32 Å². The zero-order chi connectivity index (χ0) is 14.8. The third-order valence-electron chi connectivity index (χ3n) is 3.93. The number of benzene rings is 1. The molecule has 0 aromatic heterocycles. The number of rotatable bonds is 4. The maximum Gasteiger partial charge on any atom is 0.192 e. The lowest BCUT2D eigenvalue weighted by Crippen LogP contribution is -2.40. The molecule has 106 valence electrons. The molecule has 1 rings (SSSR count). The van der Waals surface area contributed by atoms with E-state index in [9.17, 15) is 0 Å². The van der Waals surface area contributed by atoms with Crippen molar-refractivity contribution in [2.75, 3.05) is 0 Å². The van der Waals surface area contributed by atoms with E-state index in [4.69, 9.17) is 4.43 Å². The number of hydrogen-bond donors (Lipinski definition) is 0. The van der Waals surface area contributed by atoms with Gasteiger partial charge in [-0.2, -0.15) is 0 Å². The van der Waals surface area contributed by atoms with Gasteiger partial charge < -0.3 is 4.43 Å². The monoisotopic (exact) mass is 340 g/mol. The van der Waals surface area contributed by atoms with Crippen molar-refractivity contribution in [2.45, 2.75) is 52.4 Å². The second kappa shape index (κ2) is 5.94. The molecular weight excluding hydrogens is 316 g/mol. The van der Waals surface area contributed by atoms with Gasteiger partial charge in [0.05, 0.1) is 6.61 Å². The van der Waals surface area contributed by atoms with Crippen LogP contribution in [0.1, 0.15) is 38.8 Å². The smallest absolute Gasteiger partial charge is 0.192 e. The van der Waals surface area contributed by atoms with Gasteiger partial charge in [0, 0.05) is 4.47 Å². The Bertz CT molecular complexity index is 472. The predicted molar refractivity (Wildman–Crippen MR) is 90.8 cm³/mol. The summed E-state index contributed by atoms with van der Waals surface area (Å²) in [5.41, 5.74) is 3.49. The van der Waals surface area contributed by atoms with Crippen molar-refractivity contribution >= 4 is 29.8 Å². The van der Waals surface area contributed by atoms with Gasteiger partial charge in [0.15, 0.2) is 8.32 Å². The van der Waals surface area contributed by atoms with Gasteiger partial charge in [0.1, 0.15) is 0 Å². The fourth-order valence-corrected chi connectivity index (χ4v) is 2.86. The van der Waals surface area contributed by atoms with Crippen LogP contribution < -0.4 is 0 Å². The molecule has 0 aliphatic carbocycles. The van der Waals surface area contributed by atoms with E-state index in [0.717, 1.165) is 10.0 Å². The summed E-state index contributed by atoms with van der Waals surface area (Å²) in [4.78, 5) is 0. The number of hydrogen-bond acceptors (Lipinski definition) is 1. The largest absolute Gasteiger partial charge is 0.413 e. The molecule has 0 aliphatic heterocycles. The molecule has 0 amide bonds. The summed E-state index contributed by atoms with van der Waals surface area (Å²) < 4.78 is 7.38. The van der Waals surface area contributed by atoms with Crippen molar-refractivity contribution in [3.8, 4) is 0 Å². The number of allylic oxidation sites excluding steroid dienone is 1. The van der Waals surface area contributed by atoms with Gasteiger partial charge in [-0.05, 0) is 48.3 Å². The van der Waals surface area contributed by atoms with Crippen LogP contribution in [-0.4, -0.2) is 8.32 Å². The maximum atomic E-state index is 6.29. The summed E-state index contributed by atoms with van der Waals surface area (Å²) in [5, 5.41) is 0.242. The highest BCUT2D eigenvalue weighted by Gasteiger charge is 2.37. The SMILES string of the molecule is C=C(C)c1cc(Br)ccc1CO[Si](C)(C)C(C)(C)C. The minimum Gasteiger partial charge on any atom is -0.413 e. The summed E-state index contributed by atoms with van der Waals surface area (Å²) in [5.74, 6) is 0. The Balaban J connectivity index is 2.93. The van der Waals surface area contributed by atoms with Crippen molar-refractivity contribution in [1.82, 2.24) is 0 Å². The second-order valence-corrected chi connectivity index (χ2v) is 12.4. The molecule has 1 aromatic carbocycles. The predicted octanol–water partition coefficient (Wildman–Crippen LogP) is 6.00. The van der Waals surface area contributed by atoms with Crippen LogP contribution in [0, 0.1) is 0 Å². The van der Waals surface area contributed by atoms with Gasteiger partial charge in [-0.25, -0.2) is 0 Å². The van der Waals surface area contributed by atoms with Gasteiger partial charge in [0.25, 0.3) is 0 Å². The average molecular weight is 341 g/mol. The topological polar surface area (TPSA) is 9.23 Å². The first-order valence-electron chi connectivity index (χ1n) is 6.63. The molecule has 0 unspecified atom stereocenters. The zero-order valence-electron chi connectivity index (χ0n) is 12.9. The first-order chi connectivity index (χ1) is 8.54. The first-order valence-corrected chi connectivity index (χ1v) is 10.3. The van der Waals surface area contributed by atoms with E-state index >= 15 is 0 Å². The van der Waals surface area contributed by atoms with Gasteiger partial charge in [-0.3, -0.25) is 0 Å². The molecule has 0 aliphatic rings. The van der Waals surface area contributed by atoms with Crippen molar-refractivity contribution in [2.24, 2.45) is 0 Å². The van der Waals surface area contributed by atoms with E-state index in [1.165, 1.54) is 11.1 Å². The van der Waals surface area contributed by atoms with Crippen molar-refractivity contribution < 1.29 is 4.43 Å². The van der Waals surface area contributed by atoms with E-state index in [1.54, 1.807) is 0 Å². The lowest BCUT2D eigenvalue weighted by molar-refractivity contribution is 0.276. The fourth-order valence-electron chi connectivity index (χ4n) is 1.55. The van der Waals surface area contributed by atoms with Crippen LogP contribution in [0.3, 0.4) is 0 Å². The average Bonchev–Trinajstić information content (AvgIpc) is 2.25. The quantitative estimate of drug-likeness (QED) is 0.610. The summed E-state index contributed by atoms with van der Waals surface area (Å²) in [6, 6.07) is 6.31. The molecule has 0 radical (unpaired) electrons. The van der Waals surface area contributed by atoms with Gasteiger partial charge in [0.2, 0.25) is 0 Å². The molecule has 0 N–H and O–H groups in total. The summed E-state index contributed by atoms with van der Waals surface area (Å²) in [6.07, 6.45) is 0. The maximum absolute atomic E-state index is 6.29. The van der Waals surface area contributed by atoms with E-state index in [2.05, 4.69) is 74.6 Å². The normalized spacial score (nSPS) is 12.6. The Morgan fingerprint density at radius 1 is 1.32 bits per heavy atom. The Hall–Kier alpha value is -0.383. The van der Waals surface area contributed by atoms with Crippen molar-refractivity contribution in [3.05, 3.63) is 40.4 Å². The minimum atomic E-state index is -1.70. The molecule has 19 heavy (non-hydrogen) atoms. The highest BCUT2D eigenvalue weighted by atomic mass is 79.9. The molecule has 0 saturated heterocycles. The van der Waals surface area contributed by atoms with Crippen LogP contribution >= 0.6 is 15.9 Å². The van der Waals surface area contributed by atoms with Crippen molar-refractivity contribution in [3.63, 3.8) is 0 Å². The number of halogens is 1. The molecule has 0 bridgehead atoms. The van der Waals surface area contributed by atoms with E-state index in [0.29, 0.717) is 6.61 Å². The van der Waals surface area contributed by atoms with Gasteiger partial charge in [-0.1, -0.05) is 54.9 Å². The Morgan fingerprint density at radius 3 is 2.37 bits per heavy atom. The minimum absolute atomic E-state index is 0.242. The van der Waals surface area contributed by atoms with Crippen LogP contribution in [0.4, 0.5) is 0 Å². The fraction of sp³-hybridized carbons (Fsp3) is 0.500. The van der Waals surface area contributed by atoms with Crippen LogP contribution in [0.2, 0.25) is 18.1 Å². The molecule has 3 heteroatoms. The lowest BCUT2D eigenvalue weighted by Gasteiger charge is -2.36. The Morgan fingerprint density at radius 2 is 1.89 bits per heavy atom. The standard InChI is InChI=1S/C16H25BrOSi/c1-12(2)15-10-14(17)9-8-13(15)11-18-19(6,7)16(3,4)5/h8-10H,1,11H2,2-7H3. The molecule has 0 spiro atoms. The molecule has 1 aromatic rings. The summed E-state index contributed by atoms with van der Waals surface area (Å²) >= 11 is 3.51. The molecular formula is C16H25BrOSi. The molecule has 0 fully saturated rings. The van der Waals surface area contributed by atoms with Crippen LogP contribution in [0.25, 0.3) is 5.57 Å². The van der Waals surface area contributed by atoms with Gasteiger partial charge in [-0.15, -0.1) is 0 Å². The van der Waals surface area contributed by atoms with Crippen molar-refractivity contribution in [1.29, 1.82) is 0 Å². The Kier molecular flexibility index (Phi) is 5.21. The van der Waals surface area contributed by atoms with Crippen LogP contribution in [-0.2, 0) is 11.0 Å². The Labute approximate surface area is 127 Å². The molecule has 1 nitrogen and oxygen atoms in total. The molecule has 0 heterocycles. The third-order valence-corrected chi connectivity index (χ3v) is 8.90. The van der Waals surface area contributed by atoms with Gasteiger partial charge >= 0.3 is 0 Å². The summed E-state index contributed by atoms with van der Waals surface area (Å²) in [6.45, 7) is 18.1. The van der Waals surface area contributed by atoms with E-state index in [-0.39, 0.29) is 5.04 Å². The molecule has 0 saturated carbocycles. The first kappa shape index (κ1) is 16.7. The second-order valence-electron chi connectivity index (χ2n) is 6.63. The highest BCUT2D eigenvalue weighted by molar-refractivity contribution is 9.10. The van der Waals surface area contributed by atoms with Crippen LogP contribution in [0.5, 0.6) is 0 Å². The molecule has 0 atom stereocenters. The van der Waals surface area contributed by atoms with E-state index in [1.807, 2.05) is 6.92 Å². The van der Waals surface area contributed by atoms with Crippen LogP contribution in [0.15, 0.2) is 29.3 Å². The third kappa shape index (κ3) is 4.30. The summed E-state index contributed by atoms with van der Waals surface area (Å²) in [7, 11) is -1.70. The lowest BCUT2D eigenvalue weighted by atomic mass is 10.0.